The Balaban J connectivity index is 5.58. The molecule has 0 aromatic rings. The van der Waals surface area contributed by atoms with Crippen LogP contribution in [0.2, 0.25) is 0 Å². The summed E-state index contributed by atoms with van der Waals surface area (Å²) in [6.07, 6.45) is 0.0511. The first kappa shape index (κ1) is 29.7. The van der Waals surface area contributed by atoms with Crippen molar-refractivity contribution in [2.24, 2.45) is 17.6 Å². The van der Waals surface area contributed by atoms with Crippen molar-refractivity contribution in [1.29, 1.82) is 0 Å². The fourth-order valence-corrected chi connectivity index (χ4v) is 2.98. The number of carboxylic acid groups (broad SMARTS) is 2. The highest BCUT2D eigenvalue weighted by atomic mass is 32.1. The van der Waals surface area contributed by atoms with E-state index in [1.807, 2.05) is 13.8 Å². The summed E-state index contributed by atoms with van der Waals surface area (Å²) < 4.78 is 0. The predicted molar refractivity (Wildman–Crippen MR) is 121 cm³/mol. The molecule has 0 aromatic carbocycles. The Morgan fingerprint density at radius 1 is 0.906 bits per heavy atom. The minimum absolute atomic E-state index is 0.00590. The third-order valence-corrected chi connectivity index (χ3v) is 5.32. The van der Waals surface area contributed by atoms with E-state index in [1.54, 1.807) is 13.8 Å². The van der Waals surface area contributed by atoms with Crippen LogP contribution in [0.25, 0.3) is 0 Å². The molecule has 12 heteroatoms. The number of amides is 3. The van der Waals surface area contributed by atoms with Gasteiger partial charge in [0, 0.05) is 12.2 Å². The van der Waals surface area contributed by atoms with Gasteiger partial charge in [-0.15, -0.1) is 0 Å². The van der Waals surface area contributed by atoms with Gasteiger partial charge in [-0.2, -0.15) is 12.6 Å². The molecule has 0 spiro atoms. The summed E-state index contributed by atoms with van der Waals surface area (Å²) in [5.74, 6) is -4.82. The van der Waals surface area contributed by atoms with Crippen LogP contribution in [0, 0.1) is 11.8 Å². The van der Waals surface area contributed by atoms with Crippen molar-refractivity contribution in [3.05, 3.63) is 0 Å². The number of carbonyl (C=O) groups excluding carboxylic acids is 3. The monoisotopic (exact) mass is 476 g/mol. The zero-order valence-corrected chi connectivity index (χ0v) is 19.9. The van der Waals surface area contributed by atoms with Gasteiger partial charge in [-0.05, 0) is 24.7 Å². The Morgan fingerprint density at radius 2 is 1.44 bits per heavy atom. The number of carbonyl (C=O) groups is 5. The van der Waals surface area contributed by atoms with Gasteiger partial charge in [0.25, 0.3) is 0 Å². The molecule has 32 heavy (non-hydrogen) atoms. The van der Waals surface area contributed by atoms with Gasteiger partial charge in [0.2, 0.25) is 17.7 Å². The fourth-order valence-electron chi connectivity index (χ4n) is 2.81. The summed E-state index contributed by atoms with van der Waals surface area (Å²) in [4.78, 5) is 60.3. The molecule has 11 nitrogen and oxygen atoms in total. The molecule has 0 rings (SSSR count). The number of hydrogen-bond acceptors (Lipinski definition) is 7. The lowest BCUT2D eigenvalue weighted by Crippen LogP contribution is -2.58. The van der Waals surface area contributed by atoms with Crippen LogP contribution in [0.4, 0.5) is 0 Å². The van der Waals surface area contributed by atoms with Gasteiger partial charge in [-0.3, -0.25) is 19.2 Å². The number of hydrogen-bond donors (Lipinski definition) is 7. The van der Waals surface area contributed by atoms with E-state index in [4.69, 9.17) is 10.8 Å². The highest BCUT2D eigenvalue weighted by Crippen LogP contribution is 2.10. The van der Waals surface area contributed by atoms with E-state index in [0.717, 1.165) is 0 Å². The van der Waals surface area contributed by atoms with Gasteiger partial charge in [-0.25, -0.2) is 4.79 Å². The maximum atomic E-state index is 12.9. The molecule has 0 aliphatic heterocycles. The number of nitrogens with one attached hydrogen (secondary N) is 3. The normalized spacial score (nSPS) is 15.7. The zero-order chi connectivity index (χ0) is 25.0. The Hall–Kier alpha value is -2.34. The SMILES string of the molecule is CCC(C)C(NC(=O)C(CCC(=O)O)NC(=O)C(CC(C)C)NC(=O)C(N)CS)C(=O)O. The smallest absolute Gasteiger partial charge is 0.326 e. The fraction of sp³-hybridized carbons (Fsp3) is 0.750. The highest BCUT2D eigenvalue weighted by Gasteiger charge is 2.32. The molecule has 0 radical (unpaired) electrons. The largest absolute Gasteiger partial charge is 0.481 e. The molecule has 5 atom stereocenters. The lowest BCUT2D eigenvalue weighted by Gasteiger charge is -2.27. The Labute approximate surface area is 193 Å². The lowest BCUT2D eigenvalue weighted by atomic mass is 9.98. The van der Waals surface area contributed by atoms with Crippen LogP contribution in [-0.4, -0.2) is 69.8 Å². The average molecular weight is 477 g/mol. The van der Waals surface area contributed by atoms with E-state index in [9.17, 15) is 29.1 Å². The molecule has 0 aromatic heterocycles. The molecule has 0 bridgehead atoms. The van der Waals surface area contributed by atoms with Crippen LogP contribution in [0.1, 0.15) is 53.4 Å². The van der Waals surface area contributed by atoms with Crippen LogP contribution in [-0.2, 0) is 24.0 Å². The van der Waals surface area contributed by atoms with Crippen molar-refractivity contribution in [2.75, 3.05) is 5.75 Å². The standard InChI is InChI=1S/C20H36N4O7S/c1-5-11(4)16(20(30)31)24-18(28)13(6-7-15(25)26)22-19(29)14(8-10(2)3)23-17(27)12(21)9-32/h10-14,16,32H,5-9,21H2,1-4H3,(H,22,29)(H,23,27)(H,24,28)(H,25,26)(H,30,31). The second kappa shape index (κ2) is 14.7. The van der Waals surface area contributed by atoms with Crippen LogP contribution >= 0.6 is 12.6 Å². The van der Waals surface area contributed by atoms with Gasteiger partial charge in [-0.1, -0.05) is 34.1 Å². The molecule has 7 N–H and O–H groups in total. The van der Waals surface area contributed by atoms with Gasteiger partial charge in [0.1, 0.15) is 18.1 Å². The van der Waals surface area contributed by atoms with E-state index < -0.39 is 60.2 Å². The van der Waals surface area contributed by atoms with Crippen molar-refractivity contribution in [2.45, 2.75) is 77.5 Å². The molecular formula is C20H36N4O7S. The summed E-state index contributed by atoms with van der Waals surface area (Å²) in [6, 6.07) is -4.44. The molecule has 0 heterocycles. The van der Waals surface area contributed by atoms with Crippen LogP contribution in [0.15, 0.2) is 0 Å². The van der Waals surface area contributed by atoms with Gasteiger partial charge in [0.15, 0.2) is 0 Å². The van der Waals surface area contributed by atoms with Gasteiger partial charge >= 0.3 is 11.9 Å². The Kier molecular flexibility index (Phi) is 13.6. The number of nitrogens with two attached hydrogens (primary N) is 1. The second-order valence-corrected chi connectivity index (χ2v) is 8.55. The van der Waals surface area contributed by atoms with Crippen LogP contribution in [0.3, 0.4) is 0 Å². The maximum Gasteiger partial charge on any atom is 0.326 e. The molecular weight excluding hydrogens is 440 g/mol. The first-order valence-electron chi connectivity index (χ1n) is 10.6. The minimum atomic E-state index is -1.30. The van der Waals surface area contributed by atoms with E-state index in [-0.39, 0.29) is 30.4 Å². The molecule has 5 unspecified atom stereocenters. The van der Waals surface area contributed by atoms with Gasteiger partial charge < -0.3 is 31.9 Å². The minimum Gasteiger partial charge on any atom is -0.481 e. The molecule has 0 aliphatic carbocycles. The second-order valence-electron chi connectivity index (χ2n) is 8.18. The third-order valence-electron chi connectivity index (χ3n) is 4.93. The summed E-state index contributed by atoms with van der Waals surface area (Å²) in [7, 11) is 0. The molecule has 184 valence electrons. The quantitative estimate of drug-likeness (QED) is 0.157. The Bertz CT molecular complexity index is 674. The van der Waals surface area contributed by atoms with Crippen molar-refractivity contribution >= 4 is 42.3 Å². The van der Waals surface area contributed by atoms with Crippen LogP contribution in [0.5, 0.6) is 0 Å². The first-order valence-corrected chi connectivity index (χ1v) is 11.2. The molecule has 0 fully saturated rings. The van der Waals surface area contributed by atoms with Crippen molar-refractivity contribution in [1.82, 2.24) is 16.0 Å². The number of rotatable bonds is 15. The number of aliphatic carboxylic acids is 2. The first-order chi connectivity index (χ1) is 14.8. The summed E-state index contributed by atoms with van der Waals surface area (Å²) in [6.45, 7) is 7.10. The van der Waals surface area contributed by atoms with E-state index in [0.29, 0.717) is 6.42 Å². The topological polar surface area (TPSA) is 188 Å². The molecule has 0 saturated carbocycles. The van der Waals surface area contributed by atoms with E-state index in [2.05, 4.69) is 28.6 Å². The lowest BCUT2D eigenvalue weighted by molar-refractivity contribution is -0.144. The van der Waals surface area contributed by atoms with Crippen molar-refractivity contribution in [3.8, 4) is 0 Å². The molecule has 0 aliphatic rings. The van der Waals surface area contributed by atoms with Gasteiger partial charge in [0.05, 0.1) is 6.04 Å². The van der Waals surface area contributed by atoms with Crippen molar-refractivity contribution in [3.63, 3.8) is 0 Å². The summed E-state index contributed by atoms with van der Waals surface area (Å²) >= 11 is 3.96. The summed E-state index contributed by atoms with van der Waals surface area (Å²) in [5.41, 5.74) is 5.65. The highest BCUT2D eigenvalue weighted by molar-refractivity contribution is 7.80. The number of thiol groups is 1. The summed E-state index contributed by atoms with van der Waals surface area (Å²) in [5, 5.41) is 25.8. The molecule has 3 amide bonds. The van der Waals surface area contributed by atoms with E-state index in [1.165, 1.54) is 0 Å². The maximum absolute atomic E-state index is 12.9. The molecule has 0 saturated heterocycles. The van der Waals surface area contributed by atoms with Crippen LogP contribution < -0.4 is 21.7 Å². The third kappa shape index (κ3) is 10.8. The Morgan fingerprint density at radius 3 is 1.88 bits per heavy atom. The number of carboxylic acids is 2. The predicted octanol–water partition coefficient (Wildman–Crippen LogP) is -0.260. The zero-order valence-electron chi connectivity index (χ0n) is 19.0. The average Bonchev–Trinajstić information content (AvgIpc) is 2.71. The van der Waals surface area contributed by atoms with Crippen molar-refractivity contribution < 1.29 is 34.2 Å². The van der Waals surface area contributed by atoms with E-state index >= 15 is 0 Å².